The van der Waals surface area contributed by atoms with Crippen molar-refractivity contribution < 1.29 is 17.9 Å². The van der Waals surface area contributed by atoms with Crippen LogP contribution in [0.2, 0.25) is 0 Å². The van der Waals surface area contributed by atoms with Gasteiger partial charge in [0.25, 0.3) is 0 Å². The molecule has 0 aliphatic rings. The molecule has 0 amide bonds. The van der Waals surface area contributed by atoms with Crippen molar-refractivity contribution in [3.63, 3.8) is 0 Å². The fraction of sp³-hybridized carbons (Fsp3) is 0.214. The summed E-state index contributed by atoms with van der Waals surface area (Å²) in [6, 6.07) is 9.65. The highest BCUT2D eigenvalue weighted by Gasteiger charge is 2.16. The highest BCUT2D eigenvalue weighted by molar-refractivity contribution is 7.89. The van der Waals surface area contributed by atoms with E-state index in [1.54, 1.807) is 11.3 Å². The van der Waals surface area contributed by atoms with Crippen LogP contribution in [0, 0.1) is 0 Å². The molecule has 2 aromatic rings. The predicted molar refractivity (Wildman–Crippen MR) is 81.0 cm³/mol. The van der Waals surface area contributed by atoms with E-state index in [0.717, 1.165) is 4.88 Å². The van der Waals surface area contributed by atoms with Gasteiger partial charge in [-0.1, -0.05) is 12.1 Å². The highest BCUT2D eigenvalue weighted by atomic mass is 32.2. The Morgan fingerprint density at radius 1 is 1.29 bits per heavy atom. The minimum Gasteiger partial charge on any atom is -0.465 e. The van der Waals surface area contributed by atoms with Crippen molar-refractivity contribution >= 4 is 27.3 Å². The van der Waals surface area contributed by atoms with Crippen LogP contribution in [-0.4, -0.2) is 28.0 Å². The monoisotopic (exact) mass is 325 g/mol. The largest absolute Gasteiger partial charge is 0.465 e. The first-order chi connectivity index (χ1) is 10.0. The molecule has 1 aromatic carbocycles. The number of sulfonamides is 1. The SMILES string of the molecule is COC(=O)c1cccc(S(=O)(=O)NCCc2cccs2)c1. The van der Waals surface area contributed by atoms with Crippen LogP contribution in [0.15, 0.2) is 46.7 Å². The second-order valence-electron chi connectivity index (χ2n) is 4.25. The Bertz CT molecular complexity index is 708. The normalized spacial score (nSPS) is 11.3. The number of ether oxygens (including phenoxy) is 1. The number of esters is 1. The van der Waals surface area contributed by atoms with E-state index >= 15 is 0 Å². The van der Waals surface area contributed by atoms with Gasteiger partial charge in [-0.25, -0.2) is 17.9 Å². The van der Waals surface area contributed by atoms with E-state index in [1.807, 2.05) is 17.5 Å². The molecule has 0 aliphatic heterocycles. The molecule has 1 N–H and O–H groups in total. The molecule has 1 aromatic heterocycles. The van der Waals surface area contributed by atoms with Crippen molar-refractivity contribution in [2.24, 2.45) is 0 Å². The van der Waals surface area contributed by atoms with Gasteiger partial charge in [0.2, 0.25) is 10.0 Å². The lowest BCUT2D eigenvalue weighted by Gasteiger charge is -2.07. The van der Waals surface area contributed by atoms with Gasteiger partial charge in [-0.05, 0) is 36.1 Å². The molecule has 0 radical (unpaired) electrons. The third-order valence-electron chi connectivity index (χ3n) is 2.81. The molecule has 2 rings (SSSR count). The maximum Gasteiger partial charge on any atom is 0.337 e. The maximum absolute atomic E-state index is 12.2. The summed E-state index contributed by atoms with van der Waals surface area (Å²) in [6.07, 6.45) is 0.633. The number of nitrogens with one attached hydrogen (secondary N) is 1. The summed E-state index contributed by atoms with van der Waals surface area (Å²) in [5.41, 5.74) is 0.207. The Morgan fingerprint density at radius 3 is 2.76 bits per heavy atom. The lowest BCUT2D eigenvalue weighted by molar-refractivity contribution is 0.0600. The zero-order valence-corrected chi connectivity index (χ0v) is 13.0. The number of benzene rings is 1. The van der Waals surface area contributed by atoms with E-state index in [-0.39, 0.29) is 10.5 Å². The van der Waals surface area contributed by atoms with Crippen LogP contribution >= 0.6 is 11.3 Å². The van der Waals surface area contributed by atoms with E-state index in [4.69, 9.17) is 0 Å². The predicted octanol–water partition coefficient (Wildman–Crippen LogP) is 2.06. The molecule has 5 nitrogen and oxygen atoms in total. The minimum absolute atomic E-state index is 0.0524. The Morgan fingerprint density at radius 2 is 2.10 bits per heavy atom. The fourth-order valence-corrected chi connectivity index (χ4v) is 3.54. The zero-order chi connectivity index (χ0) is 15.3. The summed E-state index contributed by atoms with van der Waals surface area (Å²) in [5.74, 6) is -0.564. The quantitative estimate of drug-likeness (QED) is 0.825. The molecule has 7 heteroatoms. The van der Waals surface area contributed by atoms with Gasteiger partial charge in [-0.2, -0.15) is 0 Å². The van der Waals surface area contributed by atoms with Crippen molar-refractivity contribution in [2.45, 2.75) is 11.3 Å². The van der Waals surface area contributed by atoms with Gasteiger partial charge in [0.15, 0.2) is 0 Å². The first-order valence-corrected chi connectivity index (χ1v) is 8.59. The number of rotatable bonds is 6. The van der Waals surface area contributed by atoms with Gasteiger partial charge in [0.1, 0.15) is 0 Å². The number of methoxy groups -OCH3 is 1. The second-order valence-corrected chi connectivity index (χ2v) is 7.05. The van der Waals surface area contributed by atoms with E-state index in [9.17, 15) is 13.2 Å². The lowest BCUT2D eigenvalue weighted by atomic mass is 10.2. The molecule has 0 atom stereocenters. The minimum atomic E-state index is -3.63. The van der Waals surface area contributed by atoms with Gasteiger partial charge in [-0.3, -0.25) is 0 Å². The maximum atomic E-state index is 12.2. The molecule has 0 fully saturated rings. The van der Waals surface area contributed by atoms with Crippen LogP contribution in [0.5, 0.6) is 0 Å². The summed E-state index contributed by atoms with van der Waals surface area (Å²) in [6.45, 7) is 0.311. The molecule has 0 unspecified atom stereocenters. The number of hydrogen-bond acceptors (Lipinski definition) is 5. The van der Waals surface area contributed by atoms with Gasteiger partial charge in [0.05, 0.1) is 17.6 Å². The Kier molecular flexibility index (Phi) is 5.11. The number of carbonyl (C=O) groups excluding carboxylic acids is 1. The molecule has 0 saturated heterocycles. The molecule has 0 spiro atoms. The number of hydrogen-bond donors (Lipinski definition) is 1. The van der Waals surface area contributed by atoms with Gasteiger partial charge < -0.3 is 4.74 Å². The van der Waals surface area contributed by atoms with Crippen molar-refractivity contribution in [2.75, 3.05) is 13.7 Å². The third-order valence-corrected chi connectivity index (χ3v) is 5.20. The summed E-state index contributed by atoms with van der Waals surface area (Å²) < 4.78 is 31.4. The molecule has 0 aliphatic carbocycles. The molecule has 0 bridgehead atoms. The number of carbonyl (C=O) groups is 1. The van der Waals surface area contributed by atoms with Crippen LogP contribution < -0.4 is 4.72 Å². The smallest absolute Gasteiger partial charge is 0.337 e. The summed E-state index contributed by atoms with van der Waals surface area (Å²) in [4.78, 5) is 12.6. The van der Waals surface area contributed by atoms with Gasteiger partial charge in [0, 0.05) is 11.4 Å². The van der Waals surface area contributed by atoms with Crippen LogP contribution in [0.3, 0.4) is 0 Å². The second kappa shape index (κ2) is 6.84. The van der Waals surface area contributed by atoms with E-state index in [1.165, 1.54) is 31.4 Å². The summed E-state index contributed by atoms with van der Waals surface area (Å²) >= 11 is 1.58. The average Bonchev–Trinajstić information content (AvgIpc) is 2.99. The van der Waals surface area contributed by atoms with Crippen molar-refractivity contribution in [3.8, 4) is 0 Å². The summed E-state index contributed by atoms with van der Waals surface area (Å²) in [7, 11) is -2.38. The topological polar surface area (TPSA) is 72.5 Å². The molecule has 112 valence electrons. The zero-order valence-electron chi connectivity index (χ0n) is 11.4. The Balaban J connectivity index is 2.06. The van der Waals surface area contributed by atoms with Gasteiger partial charge >= 0.3 is 5.97 Å². The molecular weight excluding hydrogens is 310 g/mol. The van der Waals surface area contributed by atoms with E-state index < -0.39 is 16.0 Å². The Hall–Kier alpha value is -1.70. The van der Waals surface area contributed by atoms with Crippen LogP contribution in [0.4, 0.5) is 0 Å². The molecule has 0 saturated carbocycles. The third kappa shape index (κ3) is 4.13. The van der Waals surface area contributed by atoms with Crippen LogP contribution in [0.25, 0.3) is 0 Å². The van der Waals surface area contributed by atoms with Gasteiger partial charge in [-0.15, -0.1) is 11.3 Å². The first-order valence-electron chi connectivity index (χ1n) is 6.23. The lowest BCUT2D eigenvalue weighted by Crippen LogP contribution is -2.26. The Labute approximate surface area is 127 Å². The van der Waals surface area contributed by atoms with E-state index in [2.05, 4.69) is 9.46 Å². The van der Waals surface area contributed by atoms with Crippen molar-refractivity contribution in [1.82, 2.24) is 4.72 Å². The average molecular weight is 325 g/mol. The van der Waals surface area contributed by atoms with Crippen LogP contribution in [0.1, 0.15) is 15.2 Å². The fourth-order valence-electron chi connectivity index (χ4n) is 1.75. The highest BCUT2D eigenvalue weighted by Crippen LogP contribution is 2.13. The first kappa shape index (κ1) is 15.7. The molecular formula is C14H15NO4S2. The number of thiophene rings is 1. The molecule has 1 heterocycles. The van der Waals surface area contributed by atoms with Crippen LogP contribution in [-0.2, 0) is 21.2 Å². The molecule has 21 heavy (non-hydrogen) atoms. The van der Waals surface area contributed by atoms with E-state index in [0.29, 0.717) is 13.0 Å². The van der Waals surface area contributed by atoms with Crippen molar-refractivity contribution in [1.29, 1.82) is 0 Å². The van der Waals surface area contributed by atoms with Crippen molar-refractivity contribution in [3.05, 3.63) is 52.2 Å². The standard InChI is InChI=1S/C14H15NO4S2/c1-19-14(16)11-4-2-6-13(10-11)21(17,18)15-8-7-12-5-3-9-20-12/h2-6,9-10,15H,7-8H2,1H3. The summed E-state index contributed by atoms with van der Waals surface area (Å²) in [5, 5.41) is 1.95.